The normalized spacial score (nSPS) is 17.8. The summed E-state index contributed by atoms with van der Waals surface area (Å²) in [5, 5.41) is 8.27. The van der Waals surface area contributed by atoms with Gasteiger partial charge in [-0.3, -0.25) is 34.2 Å². The minimum Gasteiger partial charge on any atom is -0.494 e. The molecule has 2 heterocycles. The SMILES string of the molecule is CC(=O)N[C@H](C)c1ccc(OCCCCNc2cccc3c2C(=O)N([C@@H]2CCC(=O)NC2=O)C3=O)cc1. The Morgan fingerprint density at radius 1 is 1.08 bits per heavy atom. The third-order valence-corrected chi connectivity index (χ3v) is 6.42. The zero-order valence-corrected chi connectivity index (χ0v) is 20.8. The lowest BCUT2D eigenvalue weighted by Gasteiger charge is -2.27. The molecule has 10 nitrogen and oxygen atoms in total. The van der Waals surface area contributed by atoms with Crippen molar-refractivity contribution in [2.75, 3.05) is 18.5 Å². The van der Waals surface area contributed by atoms with E-state index in [0.29, 0.717) is 18.8 Å². The Hall–Kier alpha value is -4.21. The molecule has 0 spiro atoms. The lowest BCUT2D eigenvalue weighted by Crippen LogP contribution is -2.54. The number of hydrogen-bond donors (Lipinski definition) is 3. The van der Waals surface area contributed by atoms with Crippen LogP contribution in [0.4, 0.5) is 5.69 Å². The molecule has 0 aromatic heterocycles. The molecule has 3 N–H and O–H groups in total. The van der Waals surface area contributed by atoms with E-state index in [4.69, 9.17) is 4.74 Å². The Balaban J connectivity index is 1.27. The number of carbonyl (C=O) groups is 5. The van der Waals surface area contributed by atoms with Gasteiger partial charge < -0.3 is 15.4 Å². The summed E-state index contributed by atoms with van der Waals surface area (Å²) in [6, 6.07) is 11.5. The Labute approximate surface area is 214 Å². The molecule has 1 fully saturated rings. The first-order valence-electron chi connectivity index (χ1n) is 12.3. The van der Waals surface area contributed by atoms with Gasteiger partial charge in [0.25, 0.3) is 11.8 Å². The molecule has 2 atom stereocenters. The second-order valence-corrected chi connectivity index (χ2v) is 9.15. The molecule has 194 valence electrons. The van der Waals surface area contributed by atoms with Crippen LogP contribution in [0, 0.1) is 0 Å². The van der Waals surface area contributed by atoms with Gasteiger partial charge in [-0.05, 0) is 56.0 Å². The highest BCUT2D eigenvalue weighted by Gasteiger charge is 2.45. The van der Waals surface area contributed by atoms with Crippen molar-refractivity contribution in [2.24, 2.45) is 0 Å². The Morgan fingerprint density at radius 2 is 1.84 bits per heavy atom. The van der Waals surface area contributed by atoms with Gasteiger partial charge >= 0.3 is 0 Å². The maximum Gasteiger partial charge on any atom is 0.264 e. The van der Waals surface area contributed by atoms with Crippen LogP contribution in [0.15, 0.2) is 42.5 Å². The van der Waals surface area contributed by atoms with Gasteiger partial charge in [-0.1, -0.05) is 18.2 Å². The molecule has 4 rings (SSSR count). The van der Waals surface area contributed by atoms with Gasteiger partial charge in [0.2, 0.25) is 17.7 Å². The lowest BCUT2D eigenvalue weighted by molar-refractivity contribution is -0.136. The number of imide groups is 2. The van der Waals surface area contributed by atoms with Crippen LogP contribution in [0.1, 0.15) is 71.9 Å². The second-order valence-electron chi connectivity index (χ2n) is 9.15. The van der Waals surface area contributed by atoms with E-state index in [1.54, 1.807) is 18.2 Å². The van der Waals surface area contributed by atoms with Crippen molar-refractivity contribution < 1.29 is 28.7 Å². The Morgan fingerprint density at radius 3 is 2.54 bits per heavy atom. The third-order valence-electron chi connectivity index (χ3n) is 6.42. The van der Waals surface area contributed by atoms with Gasteiger partial charge in [0.05, 0.1) is 23.8 Å². The second kappa shape index (κ2) is 11.2. The van der Waals surface area contributed by atoms with Crippen LogP contribution in [-0.4, -0.2) is 53.6 Å². The fourth-order valence-electron chi connectivity index (χ4n) is 4.54. The molecule has 5 amide bonds. The predicted molar refractivity (Wildman–Crippen MR) is 135 cm³/mol. The summed E-state index contributed by atoms with van der Waals surface area (Å²) in [6.45, 7) is 4.48. The molecule has 37 heavy (non-hydrogen) atoms. The highest BCUT2D eigenvalue weighted by Crippen LogP contribution is 2.32. The molecule has 2 aromatic carbocycles. The highest BCUT2D eigenvalue weighted by molar-refractivity contribution is 6.25. The van der Waals surface area contributed by atoms with Crippen molar-refractivity contribution in [1.29, 1.82) is 0 Å². The van der Waals surface area contributed by atoms with Crippen LogP contribution in [0.2, 0.25) is 0 Å². The number of unbranched alkanes of at least 4 members (excludes halogenated alkanes) is 1. The molecule has 2 aromatic rings. The summed E-state index contributed by atoms with van der Waals surface area (Å²) >= 11 is 0. The van der Waals surface area contributed by atoms with E-state index in [9.17, 15) is 24.0 Å². The average Bonchev–Trinajstić information content (AvgIpc) is 3.12. The Bertz CT molecular complexity index is 1230. The summed E-state index contributed by atoms with van der Waals surface area (Å²) in [6.07, 6.45) is 1.73. The van der Waals surface area contributed by atoms with E-state index in [1.165, 1.54) is 6.92 Å². The number of anilines is 1. The number of nitrogens with one attached hydrogen (secondary N) is 3. The summed E-state index contributed by atoms with van der Waals surface area (Å²) in [7, 11) is 0. The third kappa shape index (κ3) is 5.79. The van der Waals surface area contributed by atoms with E-state index in [0.717, 1.165) is 29.1 Å². The number of hydrogen-bond acceptors (Lipinski definition) is 7. The van der Waals surface area contributed by atoms with Crippen molar-refractivity contribution in [3.05, 3.63) is 59.2 Å². The van der Waals surface area contributed by atoms with Crippen molar-refractivity contribution in [3.63, 3.8) is 0 Å². The molecule has 0 aliphatic carbocycles. The van der Waals surface area contributed by atoms with Crippen LogP contribution in [0.5, 0.6) is 5.75 Å². The molecule has 2 aliphatic rings. The molecule has 10 heteroatoms. The highest BCUT2D eigenvalue weighted by atomic mass is 16.5. The molecular formula is C27H30N4O6. The van der Waals surface area contributed by atoms with Crippen molar-refractivity contribution >= 4 is 35.2 Å². The topological polar surface area (TPSA) is 134 Å². The van der Waals surface area contributed by atoms with Crippen molar-refractivity contribution in [2.45, 2.75) is 51.6 Å². The lowest BCUT2D eigenvalue weighted by atomic mass is 10.0. The van der Waals surface area contributed by atoms with Gasteiger partial charge in [-0.25, -0.2) is 0 Å². The van der Waals surface area contributed by atoms with Crippen LogP contribution in [0.25, 0.3) is 0 Å². The minimum absolute atomic E-state index is 0.0738. The fraction of sp³-hybridized carbons (Fsp3) is 0.370. The zero-order valence-electron chi connectivity index (χ0n) is 20.8. The van der Waals surface area contributed by atoms with Crippen LogP contribution in [-0.2, 0) is 14.4 Å². The number of benzene rings is 2. The average molecular weight is 507 g/mol. The van der Waals surface area contributed by atoms with Crippen molar-refractivity contribution in [3.8, 4) is 5.75 Å². The van der Waals surface area contributed by atoms with Crippen molar-refractivity contribution in [1.82, 2.24) is 15.5 Å². The fourth-order valence-corrected chi connectivity index (χ4v) is 4.54. The largest absolute Gasteiger partial charge is 0.494 e. The van der Waals surface area contributed by atoms with E-state index in [-0.39, 0.29) is 35.9 Å². The smallest absolute Gasteiger partial charge is 0.264 e. The number of nitrogens with zero attached hydrogens (tertiary/aromatic N) is 1. The molecule has 0 radical (unpaired) electrons. The van der Waals surface area contributed by atoms with Gasteiger partial charge in [0.15, 0.2) is 0 Å². The quantitative estimate of drug-likeness (QED) is 0.333. The zero-order chi connectivity index (χ0) is 26.5. The first kappa shape index (κ1) is 25.9. The first-order chi connectivity index (χ1) is 17.8. The van der Waals surface area contributed by atoms with E-state index < -0.39 is 29.7 Å². The molecule has 0 saturated carbocycles. The number of piperidine rings is 1. The molecule has 0 unspecified atom stereocenters. The van der Waals surface area contributed by atoms with Gasteiger partial charge in [0, 0.05) is 25.6 Å². The maximum absolute atomic E-state index is 13.1. The number of ether oxygens (including phenoxy) is 1. The van der Waals surface area contributed by atoms with E-state index in [1.807, 2.05) is 31.2 Å². The summed E-state index contributed by atoms with van der Waals surface area (Å²) in [5.41, 5.74) is 2.03. The number of carbonyl (C=O) groups excluding carboxylic acids is 5. The summed E-state index contributed by atoms with van der Waals surface area (Å²) < 4.78 is 5.80. The molecular weight excluding hydrogens is 476 g/mol. The molecule has 1 saturated heterocycles. The van der Waals surface area contributed by atoms with Gasteiger partial charge in [-0.15, -0.1) is 0 Å². The summed E-state index contributed by atoms with van der Waals surface area (Å²) in [5.74, 6) is -1.43. The number of rotatable bonds is 10. The van der Waals surface area contributed by atoms with Gasteiger partial charge in [0.1, 0.15) is 11.8 Å². The monoisotopic (exact) mass is 506 g/mol. The van der Waals surface area contributed by atoms with E-state index in [2.05, 4.69) is 16.0 Å². The van der Waals surface area contributed by atoms with E-state index >= 15 is 0 Å². The molecule has 0 bridgehead atoms. The standard InChI is InChI=1S/C27H30N4O6/c1-16(29-17(2)32)18-8-10-19(11-9-18)37-15-4-3-14-28-21-7-5-6-20-24(21)27(36)31(26(20)35)22-12-13-23(33)30-25(22)34/h5-11,16,22,28H,3-4,12-15H2,1-2H3,(H,29,32)(H,30,33,34)/t16-,22-/m1/s1. The Kier molecular flexibility index (Phi) is 7.86. The predicted octanol–water partition coefficient (Wildman–Crippen LogP) is 2.56. The van der Waals surface area contributed by atoms with Gasteiger partial charge in [-0.2, -0.15) is 0 Å². The first-order valence-corrected chi connectivity index (χ1v) is 12.3. The minimum atomic E-state index is -0.988. The number of amides is 5. The number of fused-ring (bicyclic) bond motifs is 1. The van der Waals surface area contributed by atoms with Crippen LogP contribution >= 0.6 is 0 Å². The van der Waals surface area contributed by atoms with Crippen LogP contribution < -0.4 is 20.7 Å². The maximum atomic E-state index is 13.1. The van der Waals surface area contributed by atoms with Crippen LogP contribution in [0.3, 0.4) is 0 Å². The summed E-state index contributed by atoms with van der Waals surface area (Å²) in [4.78, 5) is 61.9. The molecule has 2 aliphatic heterocycles.